The summed E-state index contributed by atoms with van der Waals surface area (Å²) in [5, 5.41) is 16.0. The van der Waals surface area contributed by atoms with Gasteiger partial charge >= 0.3 is 0 Å². The second-order valence-corrected chi connectivity index (χ2v) is 4.66. The molecule has 106 valence electrons. The van der Waals surface area contributed by atoms with Gasteiger partial charge in [0.2, 0.25) is 0 Å². The molecule has 0 unspecified atom stereocenters. The lowest BCUT2D eigenvalue weighted by Gasteiger charge is -2.08. The molecule has 0 aliphatic carbocycles. The van der Waals surface area contributed by atoms with Crippen molar-refractivity contribution < 1.29 is 9.94 Å². The minimum atomic E-state index is 0.00816. The number of hydrogen-bond acceptors (Lipinski definition) is 4. The number of aryl methyl sites for hydroxylation is 1. The summed E-state index contributed by atoms with van der Waals surface area (Å²) in [6.07, 6.45) is 4.48. The van der Waals surface area contributed by atoms with Crippen LogP contribution >= 0.6 is 11.6 Å². The van der Waals surface area contributed by atoms with Gasteiger partial charge in [0, 0.05) is 25.2 Å². The van der Waals surface area contributed by atoms with Gasteiger partial charge in [0.05, 0.1) is 17.8 Å². The minimum Gasteiger partial charge on any atom is -0.492 e. The van der Waals surface area contributed by atoms with Gasteiger partial charge in [-0.2, -0.15) is 5.10 Å². The number of rotatable bonds is 5. The van der Waals surface area contributed by atoms with E-state index in [-0.39, 0.29) is 5.84 Å². The molecular weight excluding hydrogens is 280 g/mol. The van der Waals surface area contributed by atoms with Gasteiger partial charge in [-0.1, -0.05) is 16.8 Å². The van der Waals surface area contributed by atoms with Crippen molar-refractivity contribution in [1.29, 1.82) is 0 Å². The van der Waals surface area contributed by atoms with E-state index in [1.54, 1.807) is 29.1 Å². The van der Waals surface area contributed by atoms with Gasteiger partial charge in [0.15, 0.2) is 5.84 Å². The SMILES string of the molecule is Cn1cc(CCOc2ccc(/C(N)=N/O)cc2Cl)cn1. The summed E-state index contributed by atoms with van der Waals surface area (Å²) in [7, 11) is 1.87. The number of nitrogens with two attached hydrogens (primary N) is 1. The van der Waals surface area contributed by atoms with Crippen molar-refractivity contribution in [3.8, 4) is 5.75 Å². The fourth-order valence-corrected chi connectivity index (χ4v) is 1.95. The molecule has 0 aliphatic heterocycles. The van der Waals surface area contributed by atoms with E-state index < -0.39 is 0 Å². The van der Waals surface area contributed by atoms with Crippen LogP contribution in [0.15, 0.2) is 35.7 Å². The van der Waals surface area contributed by atoms with Crippen LogP contribution in [-0.4, -0.2) is 27.4 Å². The van der Waals surface area contributed by atoms with Crippen LogP contribution in [0, 0.1) is 0 Å². The summed E-state index contributed by atoms with van der Waals surface area (Å²) >= 11 is 6.08. The zero-order valence-corrected chi connectivity index (χ0v) is 11.7. The highest BCUT2D eigenvalue weighted by molar-refractivity contribution is 6.32. The molecule has 0 aliphatic rings. The van der Waals surface area contributed by atoms with Crippen LogP contribution in [-0.2, 0) is 13.5 Å². The average molecular weight is 295 g/mol. The quantitative estimate of drug-likeness (QED) is 0.381. The fourth-order valence-electron chi connectivity index (χ4n) is 1.71. The monoisotopic (exact) mass is 294 g/mol. The Balaban J connectivity index is 1.96. The number of nitrogens with zero attached hydrogens (tertiary/aromatic N) is 3. The van der Waals surface area contributed by atoms with E-state index in [1.165, 1.54) is 0 Å². The van der Waals surface area contributed by atoms with Gasteiger partial charge < -0.3 is 15.7 Å². The molecule has 2 rings (SSSR count). The predicted molar refractivity (Wildman–Crippen MR) is 76.4 cm³/mol. The summed E-state index contributed by atoms with van der Waals surface area (Å²) in [5.41, 5.74) is 7.12. The Kier molecular flexibility index (Phi) is 4.47. The summed E-state index contributed by atoms with van der Waals surface area (Å²) in [5.74, 6) is 0.568. The molecule has 0 saturated carbocycles. The molecule has 0 spiro atoms. The minimum absolute atomic E-state index is 0.00816. The van der Waals surface area contributed by atoms with E-state index in [2.05, 4.69) is 10.3 Å². The molecule has 0 atom stereocenters. The van der Waals surface area contributed by atoms with Gasteiger partial charge in [-0.25, -0.2) is 0 Å². The number of hydrogen-bond donors (Lipinski definition) is 2. The maximum absolute atomic E-state index is 8.60. The Hall–Kier alpha value is -2.21. The van der Waals surface area contributed by atoms with E-state index >= 15 is 0 Å². The third-order valence-corrected chi connectivity index (χ3v) is 3.04. The van der Waals surface area contributed by atoms with Gasteiger partial charge in [-0.3, -0.25) is 4.68 Å². The Morgan fingerprint density at radius 2 is 2.35 bits per heavy atom. The van der Waals surface area contributed by atoms with Crippen LogP contribution in [0.5, 0.6) is 5.75 Å². The lowest BCUT2D eigenvalue weighted by molar-refractivity contribution is 0.318. The largest absolute Gasteiger partial charge is 0.492 e. The molecule has 3 N–H and O–H groups in total. The Bertz CT molecular complexity index is 625. The second kappa shape index (κ2) is 6.29. The standard InChI is InChI=1S/C13H15ClN4O2/c1-18-8-9(7-16-18)4-5-20-12-3-2-10(6-11(12)14)13(15)17-19/h2-3,6-8,19H,4-5H2,1H3,(H2,15,17). The first kappa shape index (κ1) is 14.2. The summed E-state index contributed by atoms with van der Waals surface area (Å²) in [6.45, 7) is 0.494. The highest BCUT2D eigenvalue weighted by atomic mass is 35.5. The van der Waals surface area contributed by atoms with Gasteiger partial charge in [0.1, 0.15) is 5.75 Å². The van der Waals surface area contributed by atoms with Crippen LogP contribution in [0.3, 0.4) is 0 Å². The lowest BCUT2D eigenvalue weighted by Crippen LogP contribution is -2.13. The normalized spacial score (nSPS) is 11.6. The van der Waals surface area contributed by atoms with Crippen LogP contribution in [0.4, 0.5) is 0 Å². The van der Waals surface area contributed by atoms with E-state index in [1.807, 2.05) is 13.2 Å². The Labute approximate surface area is 121 Å². The van der Waals surface area contributed by atoms with Crippen molar-refractivity contribution >= 4 is 17.4 Å². The predicted octanol–water partition coefficient (Wildman–Crippen LogP) is 1.79. The maximum atomic E-state index is 8.60. The summed E-state index contributed by atoms with van der Waals surface area (Å²) < 4.78 is 7.35. The van der Waals surface area contributed by atoms with Gasteiger partial charge in [0.25, 0.3) is 0 Å². The summed E-state index contributed by atoms with van der Waals surface area (Å²) in [4.78, 5) is 0. The second-order valence-electron chi connectivity index (χ2n) is 4.25. The molecule has 0 bridgehead atoms. The number of aromatic nitrogens is 2. The van der Waals surface area contributed by atoms with Crippen molar-refractivity contribution in [2.24, 2.45) is 17.9 Å². The van der Waals surface area contributed by atoms with Crippen LogP contribution < -0.4 is 10.5 Å². The summed E-state index contributed by atoms with van der Waals surface area (Å²) in [6, 6.07) is 4.97. The molecule has 0 saturated heterocycles. The molecule has 1 aromatic heterocycles. The van der Waals surface area contributed by atoms with Crippen molar-refractivity contribution in [1.82, 2.24) is 9.78 Å². The van der Waals surface area contributed by atoms with Crippen LogP contribution in [0.1, 0.15) is 11.1 Å². The van der Waals surface area contributed by atoms with Crippen LogP contribution in [0.25, 0.3) is 0 Å². The van der Waals surface area contributed by atoms with Crippen LogP contribution in [0.2, 0.25) is 5.02 Å². The first-order valence-corrected chi connectivity index (χ1v) is 6.35. The average Bonchev–Trinajstić information content (AvgIpc) is 2.85. The zero-order valence-electron chi connectivity index (χ0n) is 11.0. The van der Waals surface area contributed by atoms with E-state index in [4.69, 9.17) is 27.3 Å². The van der Waals surface area contributed by atoms with Crippen molar-refractivity contribution in [2.45, 2.75) is 6.42 Å². The highest BCUT2D eigenvalue weighted by Gasteiger charge is 2.06. The third kappa shape index (κ3) is 3.42. The lowest BCUT2D eigenvalue weighted by atomic mass is 10.2. The molecule has 20 heavy (non-hydrogen) atoms. The molecule has 0 fully saturated rings. The molecule has 6 nitrogen and oxygen atoms in total. The Morgan fingerprint density at radius 1 is 1.55 bits per heavy atom. The highest BCUT2D eigenvalue weighted by Crippen LogP contribution is 2.25. The number of amidine groups is 1. The van der Waals surface area contributed by atoms with Crippen molar-refractivity contribution in [3.05, 3.63) is 46.7 Å². The molecule has 2 aromatic rings. The first-order valence-electron chi connectivity index (χ1n) is 5.98. The number of benzene rings is 1. The van der Waals surface area contributed by atoms with E-state index in [0.717, 1.165) is 12.0 Å². The van der Waals surface area contributed by atoms with Gasteiger partial charge in [-0.05, 0) is 23.8 Å². The molecular formula is C13H15ClN4O2. The topological polar surface area (TPSA) is 85.7 Å². The first-order chi connectivity index (χ1) is 9.60. The molecule has 0 amide bonds. The molecule has 1 heterocycles. The number of ether oxygens (including phenoxy) is 1. The van der Waals surface area contributed by atoms with Gasteiger partial charge in [-0.15, -0.1) is 0 Å². The van der Waals surface area contributed by atoms with Crippen molar-refractivity contribution in [3.63, 3.8) is 0 Å². The van der Waals surface area contributed by atoms with E-state index in [0.29, 0.717) is 22.9 Å². The zero-order chi connectivity index (χ0) is 14.5. The third-order valence-electron chi connectivity index (χ3n) is 2.74. The number of halogens is 1. The molecule has 1 aromatic carbocycles. The fraction of sp³-hybridized carbons (Fsp3) is 0.231. The maximum Gasteiger partial charge on any atom is 0.170 e. The smallest absolute Gasteiger partial charge is 0.170 e. The Morgan fingerprint density at radius 3 is 2.95 bits per heavy atom. The van der Waals surface area contributed by atoms with E-state index in [9.17, 15) is 0 Å². The van der Waals surface area contributed by atoms with Crippen molar-refractivity contribution in [2.75, 3.05) is 6.61 Å². The molecule has 7 heteroatoms. The molecule has 0 radical (unpaired) electrons. The number of oxime groups is 1.